The Labute approximate surface area is 204 Å². The monoisotopic (exact) mass is 482 g/mol. The molecular formula is C26H31FN4O2S. The molecule has 1 saturated heterocycles. The maximum atomic E-state index is 13.5. The van der Waals surface area contributed by atoms with Gasteiger partial charge in [0, 0.05) is 37.3 Å². The highest BCUT2D eigenvalue weighted by Crippen LogP contribution is 2.26. The van der Waals surface area contributed by atoms with Gasteiger partial charge in [-0.2, -0.15) is 0 Å². The zero-order valence-corrected chi connectivity index (χ0v) is 20.8. The van der Waals surface area contributed by atoms with Crippen molar-refractivity contribution in [3.63, 3.8) is 0 Å². The molecule has 2 aromatic carbocycles. The summed E-state index contributed by atoms with van der Waals surface area (Å²) in [5, 5.41) is 9.45. The first-order valence-corrected chi connectivity index (χ1v) is 12.6. The van der Waals surface area contributed by atoms with Crippen LogP contribution in [0.4, 0.5) is 4.39 Å². The highest BCUT2D eigenvalue weighted by Gasteiger charge is 2.19. The molecule has 0 atom stereocenters. The lowest BCUT2D eigenvalue weighted by Gasteiger charge is -2.27. The number of rotatable bonds is 8. The van der Waals surface area contributed by atoms with Crippen molar-refractivity contribution in [2.24, 2.45) is 0 Å². The number of Topliss-reactive ketones (excluding diaryl/α,β-unsaturated/α-hetero) is 1. The molecule has 180 valence electrons. The van der Waals surface area contributed by atoms with Crippen molar-refractivity contribution in [3.05, 3.63) is 65.5 Å². The first-order valence-electron chi connectivity index (χ1n) is 11.6. The van der Waals surface area contributed by atoms with E-state index in [9.17, 15) is 9.18 Å². The molecule has 34 heavy (non-hydrogen) atoms. The zero-order valence-electron chi connectivity index (χ0n) is 20.0. The fourth-order valence-electron chi connectivity index (χ4n) is 3.85. The Hall–Kier alpha value is -2.55. The van der Waals surface area contributed by atoms with Gasteiger partial charge in [0.1, 0.15) is 5.82 Å². The van der Waals surface area contributed by atoms with Gasteiger partial charge in [-0.05, 0) is 35.2 Å². The van der Waals surface area contributed by atoms with Crippen molar-refractivity contribution in [2.45, 2.75) is 37.9 Å². The Bertz CT molecular complexity index is 1100. The zero-order chi connectivity index (χ0) is 24.1. The van der Waals surface area contributed by atoms with E-state index in [1.807, 2.05) is 28.8 Å². The normalized spacial score (nSPS) is 14.9. The Kier molecular flexibility index (Phi) is 7.80. The third-order valence-electron chi connectivity index (χ3n) is 5.97. The van der Waals surface area contributed by atoms with E-state index in [0.717, 1.165) is 38.4 Å². The smallest absolute Gasteiger partial charge is 0.191 e. The summed E-state index contributed by atoms with van der Waals surface area (Å²) in [6.07, 6.45) is 0. The van der Waals surface area contributed by atoms with E-state index < -0.39 is 0 Å². The number of benzene rings is 2. The van der Waals surface area contributed by atoms with Crippen LogP contribution in [0.15, 0.2) is 53.7 Å². The van der Waals surface area contributed by atoms with Crippen LogP contribution in [0, 0.1) is 5.82 Å². The quantitative estimate of drug-likeness (QED) is 0.343. The predicted octanol–water partition coefficient (Wildman–Crippen LogP) is 4.69. The lowest BCUT2D eigenvalue weighted by Crippen LogP contribution is -2.38. The molecule has 1 fully saturated rings. The third kappa shape index (κ3) is 6.11. The first-order chi connectivity index (χ1) is 16.3. The van der Waals surface area contributed by atoms with E-state index >= 15 is 0 Å². The van der Waals surface area contributed by atoms with Crippen LogP contribution in [0.2, 0.25) is 0 Å². The molecule has 3 aromatic rings. The number of hydrogen-bond donors (Lipinski definition) is 0. The maximum Gasteiger partial charge on any atom is 0.191 e. The summed E-state index contributed by atoms with van der Waals surface area (Å²) >= 11 is 1.39. The molecule has 8 heteroatoms. The number of aromatic nitrogens is 3. The van der Waals surface area contributed by atoms with E-state index in [4.69, 9.17) is 4.74 Å². The molecule has 0 bridgehead atoms. The van der Waals surface area contributed by atoms with Gasteiger partial charge in [-0.25, -0.2) is 4.39 Å². The van der Waals surface area contributed by atoms with Crippen molar-refractivity contribution >= 4 is 17.5 Å². The van der Waals surface area contributed by atoms with Crippen LogP contribution in [0.25, 0.3) is 11.4 Å². The summed E-state index contributed by atoms with van der Waals surface area (Å²) < 4.78 is 20.9. The molecular weight excluding hydrogens is 451 g/mol. The van der Waals surface area contributed by atoms with E-state index in [1.165, 1.54) is 29.5 Å². The third-order valence-corrected chi connectivity index (χ3v) is 6.93. The fraction of sp³-hybridized carbons (Fsp3) is 0.423. The second-order valence-electron chi connectivity index (χ2n) is 9.46. The molecule has 0 amide bonds. The molecule has 0 radical (unpaired) electrons. The van der Waals surface area contributed by atoms with Crippen LogP contribution in [-0.2, 0) is 16.7 Å². The molecule has 0 spiro atoms. The SMILES string of the molecule is CC(C)(C)c1ccc(C(=O)CSc2nnc(-c3ccc(F)cc3)n2CCN2CCOCC2)cc1. The summed E-state index contributed by atoms with van der Waals surface area (Å²) in [5.74, 6) is 0.712. The second kappa shape index (κ2) is 10.8. The minimum absolute atomic E-state index is 0.0456. The van der Waals surface area contributed by atoms with Crippen LogP contribution < -0.4 is 0 Å². The summed E-state index contributed by atoms with van der Waals surface area (Å²) in [6, 6.07) is 14.1. The molecule has 2 heterocycles. The summed E-state index contributed by atoms with van der Waals surface area (Å²) in [6.45, 7) is 11.2. The molecule has 6 nitrogen and oxygen atoms in total. The highest BCUT2D eigenvalue weighted by atomic mass is 32.2. The average Bonchev–Trinajstić information content (AvgIpc) is 3.24. The summed E-state index contributed by atoms with van der Waals surface area (Å²) in [4.78, 5) is 15.2. The number of morpholine rings is 1. The van der Waals surface area contributed by atoms with Gasteiger partial charge < -0.3 is 9.30 Å². The number of hydrogen-bond acceptors (Lipinski definition) is 6. The van der Waals surface area contributed by atoms with Crippen LogP contribution >= 0.6 is 11.8 Å². The van der Waals surface area contributed by atoms with Gasteiger partial charge in [-0.1, -0.05) is 56.8 Å². The van der Waals surface area contributed by atoms with E-state index in [1.54, 1.807) is 12.1 Å². The van der Waals surface area contributed by atoms with Gasteiger partial charge in [0.15, 0.2) is 16.8 Å². The van der Waals surface area contributed by atoms with Crippen molar-refractivity contribution in [1.82, 2.24) is 19.7 Å². The van der Waals surface area contributed by atoms with Crippen molar-refractivity contribution < 1.29 is 13.9 Å². The lowest BCUT2D eigenvalue weighted by molar-refractivity contribution is 0.0361. The molecule has 1 aliphatic rings. The Morgan fingerprint density at radius 1 is 1.00 bits per heavy atom. The topological polar surface area (TPSA) is 60.2 Å². The molecule has 0 saturated carbocycles. The summed E-state index contributed by atoms with van der Waals surface area (Å²) in [7, 11) is 0. The molecule has 0 aliphatic carbocycles. The van der Waals surface area contributed by atoms with Crippen LogP contribution in [0.5, 0.6) is 0 Å². The van der Waals surface area contributed by atoms with Gasteiger partial charge in [-0.15, -0.1) is 10.2 Å². The number of ketones is 1. The Morgan fingerprint density at radius 2 is 1.68 bits per heavy atom. The van der Waals surface area contributed by atoms with Crippen molar-refractivity contribution in [1.29, 1.82) is 0 Å². The number of carbonyl (C=O) groups is 1. The van der Waals surface area contributed by atoms with Gasteiger partial charge >= 0.3 is 0 Å². The van der Waals surface area contributed by atoms with Crippen molar-refractivity contribution in [3.8, 4) is 11.4 Å². The predicted molar refractivity (Wildman–Crippen MR) is 133 cm³/mol. The largest absolute Gasteiger partial charge is 0.379 e. The molecule has 1 aromatic heterocycles. The molecule has 0 N–H and O–H groups in total. The minimum Gasteiger partial charge on any atom is -0.379 e. The Balaban J connectivity index is 1.49. The standard InChI is InChI=1S/C26H31FN4O2S/c1-26(2,3)21-8-4-19(5-9-21)23(32)18-34-25-29-28-24(20-6-10-22(27)11-7-20)31(25)13-12-30-14-16-33-17-15-30/h4-11H,12-18H2,1-3H3. The van der Waals surface area contributed by atoms with Crippen LogP contribution in [0.3, 0.4) is 0 Å². The van der Waals surface area contributed by atoms with Gasteiger partial charge in [0.05, 0.1) is 19.0 Å². The van der Waals surface area contributed by atoms with Gasteiger partial charge in [0.25, 0.3) is 0 Å². The maximum absolute atomic E-state index is 13.5. The summed E-state index contributed by atoms with van der Waals surface area (Å²) in [5.41, 5.74) is 2.73. The number of ether oxygens (including phenoxy) is 1. The van der Waals surface area contributed by atoms with Crippen LogP contribution in [-0.4, -0.2) is 64.0 Å². The fourth-order valence-corrected chi connectivity index (χ4v) is 4.70. The van der Waals surface area contributed by atoms with Gasteiger partial charge in [-0.3, -0.25) is 9.69 Å². The number of halogens is 1. The van der Waals surface area contributed by atoms with Crippen LogP contribution in [0.1, 0.15) is 36.7 Å². The first kappa shape index (κ1) is 24.6. The van der Waals surface area contributed by atoms with Crippen molar-refractivity contribution in [2.75, 3.05) is 38.6 Å². The van der Waals surface area contributed by atoms with E-state index in [2.05, 4.69) is 35.9 Å². The number of nitrogens with zero attached hydrogens (tertiary/aromatic N) is 4. The molecule has 4 rings (SSSR count). The van der Waals surface area contributed by atoms with Gasteiger partial charge in [0.2, 0.25) is 0 Å². The lowest BCUT2D eigenvalue weighted by atomic mass is 9.86. The number of carbonyl (C=O) groups excluding carboxylic acids is 1. The number of thioether (sulfide) groups is 1. The second-order valence-corrected chi connectivity index (χ2v) is 10.4. The minimum atomic E-state index is -0.291. The molecule has 0 unspecified atom stereocenters. The van der Waals surface area contributed by atoms with E-state index in [-0.39, 0.29) is 22.8 Å². The van der Waals surface area contributed by atoms with E-state index in [0.29, 0.717) is 23.1 Å². The Morgan fingerprint density at radius 3 is 2.32 bits per heavy atom. The molecule has 1 aliphatic heterocycles. The average molecular weight is 483 g/mol. The highest BCUT2D eigenvalue weighted by molar-refractivity contribution is 7.99.